The summed E-state index contributed by atoms with van der Waals surface area (Å²) in [6.07, 6.45) is 0. The van der Waals surface area contributed by atoms with Crippen LogP contribution in [0.1, 0.15) is 0 Å². The highest BCUT2D eigenvalue weighted by molar-refractivity contribution is 8.24. The van der Waals surface area contributed by atoms with E-state index in [-0.39, 0.29) is 10.9 Å². The summed E-state index contributed by atoms with van der Waals surface area (Å²) < 4.78 is 0. The van der Waals surface area contributed by atoms with Crippen LogP contribution in [0.15, 0.2) is 0 Å². The Kier molecular flexibility index (Phi) is 4.86. The maximum absolute atomic E-state index is 4.34. The molecule has 0 saturated carbocycles. The van der Waals surface area contributed by atoms with Crippen LogP contribution in [0.4, 0.5) is 0 Å². The Morgan fingerprint density at radius 3 is 2.90 bits per heavy atom. The minimum Gasteiger partial charge on any atom is -0.243 e. The second-order valence-corrected chi connectivity index (χ2v) is 7.45. The van der Waals surface area contributed by atoms with Gasteiger partial charge in [-0.25, -0.2) is 10.9 Å². The lowest BCUT2D eigenvalue weighted by molar-refractivity contribution is 1.13. The molecule has 0 aromatic carbocycles. The maximum atomic E-state index is 4.34. The van der Waals surface area contributed by atoms with Crippen molar-refractivity contribution in [1.29, 1.82) is 0 Å². The summed E-state index contributed by atoms with van der Waals surface area (Å²) in [5, 5.41) is 1.95. The van der Waals surface area contributed by atoms with Gasteiger partial charge in [-0.05, 0) is 11.5 Å². The molecule has 0 aliphatic carbocycles. The fraction of sp³-hybridized carbons (Fsp3) is 1.00. The van der Waals surface area contributed by atoms with Gasteiger partial charge < -0.3 is 0 Å². The molecule has 62 valence electrons. The number of thiol groups is 3. The summed E-state index contributed by atoms with van der Waals surface area (Å²) >= 11 is 10.7. The lowest BCUT2D eigenvalue weighted by atomic mass is 10.5. The molecule has 0 bridgehead atoms. The molecule has 2 unspecified atom stereocenters. The zero-order valence-corrected chi connectivity index (χ0v) is 9.36. The Hall–Kier alpha value is 1.40. The predicted molar refractivity (Wildman–Crippen MR) is 62.7 cm³/mol. The third-order valence-electron chi connectivity index (χ3n) is 1.63. The van der Waals surface area contributed by atoms with Crippen LogP contribution in [0.25, 0.3) is 0 Å². The summed E-state index contributed by atoms with van der Waals surface area (Å²) in [6.45, 7) is 0. The van der Waals surface area contributed by atoms with Gasteiger partial charge in [-0.15, -0.1) is 0 Å². The van der Waals surface area contributed by atoms with Crippen molar-refractivity contribution in [2.45, 2.75) is 5.25 Å². The van der Waals surface area contributed by atoms with Gasteiger partial charge in [0.1, 0.15) is 0 Å². The molecule has 10 heavy (non-hydrogen) atoms. The zero-order chi connectivity index (χ0) is 7.40. The Morgan fingerprint density at radius 2 is 2.30 bits per heavy atom. The molecule has 4 heteroatoms. The summed E-state index contributed by atoms with van der Waals surface area (Å²) in [4.78, 5) is 0. The molecule has 2 atom stereocenters. The molecule has 0 aromatic heterocycles. The van der Waals surface area contributed by atoms with Gasteiger partial charge in [0.25, 0.3) is 0 Å². The van der Waals surface area contributed by atoms with E-state index in [9.17, 15) is 0 Å². The van der Waals surface area contributed by atoms with Crippen molar-refractivity contribution in [3.05, 3.63) is 0 Å². The van der Waals surface area contributed by atoms with Gasteiger partial charge in [-0.1, -0.05) is 0 Å². The van der Waals surface area contributed by atoms with Crippen LogP contribution in [0.2, 0.25) is 0 Å². The van der Waals surface area contributed by atoms with Gasteiger partial charge in [0.05, 0.1) is 0 Å². The van der Waals surface area contributed by atoms with Crippen molar-refractivity contribution in [3.8, 4) is 0 Å². The third kappa shape index (κ3) is 2.80. The van der Waals surface area contributed by atoms with Crippen LogP contribution >= 0.6 is 47.9 Å². The average Bonchev–Trinajstić information content (AvgIpc) is 2.05. The van der Waals surface area contributed by atoms with Crippen LogP contribution in [-0.2, 0) is 0 Å². The van der Waals surface area contributed by atoms with Gasteiger partial charge in [-0.3, -0.25) is 0 Å². The fourth-order valence-electron chi connectivity index (χ4n) is 1.02. The van der Waals surface area contributed by atoms with E-state index in [1.165, 1.54) is 17.3 Å². The van der Waals surface area contributed by atoms with Crippen molar-refractivity contribution >= 4 is 47.9 Å². The summed E-state index contributed by atoms with van der Waals surface area (Å²) in [6, 6.07) is 0. The van der Waals surface area contributed by atoms with Crippen molar-refractivity contribution in [2.24, 2.45) is 0 Å². The van der Waals surface area contributed by atoms with Crippen LogP contribution in [0.5, 0.6) is 0 Å². The first kappa shape index (κ1) is 9.49. The van der Waals surface area contributed by atoms with E-state index >= 15 is 0 Å². The number of hydrogen-bond donors (Lipinski definition) is 3. The highest BCUT2D eigenvalue weighted by Crippen LogP contribution is 2.36. The van der Waals surface area contributed by atoms with E-state index in [1.807, 2.05) is 0 Å². The van der Waals surface area contributed by atoms with Crippen LogP contribution in [0, 0.1) is 0 Å². The molecule has 0 aromatic rings. The molecular weight excluding hydrogens is 200 g/mol. The molecule has 1 fully saturated rings. The van der Waals surface area contributed by atoms with E-state index in [1.54, 1.807) is 0 Å². The highest BCUT2D eigenvalue weighted by atomic mass is 32.2. The molecule has 1 rings (SSSR count). The van der Waals surface area contributed by atoms with Crippen molar-refractivity contribution in [2.75, 3.05) is 28.1 Å². The summed E-state index contributed by atoms with van der Waals surface area (Å²) in [5.41, 5.74) is 0. The second kappa shape index (κ2) is 5.12. The SMILES string of the molecule is SCC1C[SH](CS)CCS1. The molecule has 0 N–H and O–H groups in total. The lowest BCUT2D eigenvalue weighted by Gasteiger charge is -2.29. The fourth-order valence-corrected chi connectivity index (χ4v) is 6.53. The molecule has 0 nitrogen and oxygen atoms in total. The molecular formula is C6H14S4. The van der Waals surface area contributed by atoms with E-state index in [4.69, 9.17) is 0 Å². The van der Waals surface area contributed by atoms with Gasteiger partial charge in [-0.2, -0.15) is 37.0 Å². The summed E-state index contributed by atoms with van der Waals surface area (Å²) in [5.74, 6) is 5.22. The van der Waals surface area contributed by atoms with Gasteiger partial charge in [0.2, 0.25) is 0 Å². The van der Waals surface area contributed by atoms with Crippen molar-refractivity contribution < 1.29 is 0 Å². The zero-order valence-electron chi connectivity index (χ0n) is 5.86. The second-order valence-electron chi connectivity index (χ2n) is 2.39. The normalized spacial score (nSPS) is 37.8. The van der Waals surface area contributed by atoms with Crippen molar-refractivity contribution in [1.82, 2.24) is 0 Å². The van der Waals surface area contributed by atoms with Crippen molar-refractivity contribution in [3.63, 3.8) is 0 Å². The maximum Gasteiger partial charge on any atom is 0.0210 e. The third-order valence-corrected chi connectivity index (χ3v) is 7.52. The Morgan fingerprint density at radius 1 is 1.50 bits per heavy atom. The molecule has 1 saturated heterocycles. The van der Waals surface area contributed by atoms with Crippen LogP contribution in [0.3, 0.4) is 0 Å². The minimum absolute atomic E-state index is 0.280. The predicted octanol–water partition coefficient (Wildman–Crippen LogP) is 1.92. The smallest absolute Gasteiger partial charge is 0.0210 e. The van der Waals surface area contributed by atoms with Gasteiger partial charge in [0, 0.05) is 21.8 Å². The molecule has 0 spiro atoms. The highest BCUT2D eigenvalue weighted by Gasteiger charge is 2.17. The van der Waals surface area contributed by atoms with Crippen LogP contribution in [-0.4, -0.2) is 33.3 Å². The van der Waals surface area contributed by atoms with Gasteiger partial charge >= 0.3 is 0 Å². The Bertz CT molecular complexity index is 85.7. The molecule has 1 aliphatic rings. The van der Waals surface area contributed by atoms with Gasteiger partial charge in [0.15, 0.2) is 0 Å². The van der Waals surface area contributed by atoms with E-state index in [0.29, 0.717) is 0 Å². The average molecular weight is 214 g/mol. The summed E-state index contributed by atoms with van der Waals surface area (Å²) in [7, 11) is 0.280. The minimum atomic E-state index is 0.280. The van der Waals surface area contributed by atoms with E-state index in [2.05, 4.69) is 37.0 Å². The lowest BCUT2D eigenvalue weighted by Crippen LogP contribution is -2.20. The molecule has 1 heterocycles. The topological polar surface area (TPSA) is 0 Å². The Labute approximate surface area is 81.1 Å². The molecule has 1 aliphatic heterocycles. The standard InChI is InChI=1S/C6H14S4/c7-3-6-4-10(5-8)2-1-9-6/h6-8,10H,1-5H2. The molecule has 0 radical (unpaired) electrons. The number of thioether (sulfide) groups is 1. The first-order chi connectivity index (χ1) is 4.86. The Balaban J connectivity index is 2.25. The largest absolute Gasteiger partial charge is 0.243 e. The first-order valence-corrected chi connectivity index (χ1v) is 7.63. The first-order valence-electron chi connectivity index (χ1n) is 3.42. The number of hydrogen-bond acceptors (Lipinski definition) is 3. The van der Waals surface area contributed by atoms with Crippen LogP contribution < -0.4 is 0 Å². The monoisotopic (exact) mass is 214 g/mol. The number of rotatable bonds is 2. The quantitative estimate of drug-likeness (QED) is 0.591. The molecule has 0 amide bonds. The van der Waals surface area contributed by atoms with E-state index in [0.717, 1.165) is 16.1 Å². The van der Waals surface area contributed by atoms with E-state index < -0.39 is 0 Å².